The molecule has 2 aliphatic heterocycles. The number of benzene rings is 2. The highest BCUT2D eigenvalue weighted by atomic mass is 16.2. The van der Waals surface area contributed by atoms with Gasteiger partial charge in [-0.05, 0) is 36.6 Å². The van der Waals surface area contributed by atoms with Crippen LogP contribution in [0.25, 0.3) is 0 Å². The van der Waals surface area contributed by atoms with Crippen molar-refractivity contribution < 1.29 is 14.4 Å². The number of hydrazine groups is 1. The van der Waals surface area contributed by atoms with E-state index in [0.717, 1.165) is 31.5 Å². The van der Waals surface area contributed by atoms with E-state index in [1.807, 2.05) is 35.3 Å². The topological polar surface area (TPSA) is 69.7 Å². The van der Waals surface area contributed by atoms with Gasteiger partial charge in [-0.2, -0.15) is 0 Å². The molecule has 0 atom stereocenters. The summed E-state index contributed by atoms with van der Waals surface area (Å²) in [4.78, 5) is 39.1. The molecule has 1 N–H and O–H groups in total. The molecule has 4 rings (SSSR count). The molecule has 0 radical (unpaired) electrons. The molecular weight excluding hydrogens is 342 g/mol. The number of amides is 3. The van der Waals surface area contributed by atoms with Gasteiger partial charge in [0.2, 0.25) is 0 Å². The highest BCUT2D eigenvalue weighted by Crippen LogP contribution is 2.25. The van der Waals surface area contributed by atoms with Crippen LogP contribution in [0.5, 0.6) is 0 Å². The molecule has 3 amide bonds. The van der Waals surface area contributed by atoms with Gasteiger partial charge in [0.1, 0.15) is 0 Å². The Morgan fingerprint density at radius 3 is 2.33 bits per heavy atom. The van der Waals surface area contributed by atoms with Gasteiger partial charge in [0.15, 0.2) is 0 Å². The number of fused-ring (bicyclic) bond motifs is 1. The van der Waals surface area contributed by atoms with Crippen molar-refractivity contribution in [3.8, 4) is 0 Å². The van der Waals surface area contributed by atoms with Gasteiger partial charge in [-0.1, -0.05) is 36.8 Å². The highest BCUT2D eigenvalue weighted by molar-refractivity contribution is 6.22. The van der Waals surface area contributed by atoms with Gasteiger partial charge >= 0.3 is 0 Å². The number of rotatable bonds is 4. The molecule has 6 heteroatoms. The summed E-state index contributed by atoms with van der Waals surface area (Å²) in [5.74, 6) is -0.922. The fourth-order valence-electron chi connectivity index (χ4n) is 3.56. The van der Waals surface area contributed by atoms with Crippen molar-refractivity contribution in [1.82, 2.24) is 15.3 Å². The van der Waals surface area contributed by atoms with Gasteiger partial charge in [-0.3, -0.25) is 24.7 Å². The van der Waals surface area contributed by atoms with Crippen molar-refractivity contribution in [2.75, 3.05) is 13.1 Å². The van der Waals surface area contributed by atoms with Crippen LogP contribution in [0.1, 0.15) is 55.9 Å². The smallest absolute Gasteiger partial charge is 0.265 e. The zero-order chi connectivity index (χ0) is 18.8. The third-order valence-corrected chi connectivity index (χ3v) is 5.03. The summed E-state index contributed by atoms with van der Waals surface area (Å²) < 4.78 is 0. The molecular formula is C21H21N3O3. The van der Waals surface area contributed by atoms with Gasteiger partial charge in [0.05, 0.1) is 17.7 Å². The largest absolute Gasteiger partial charge is 0.285 e. The molecule has 2 aromatic carbocycles. The first-order valence-corrected chi connectivity index (χ1v) is 9.23. The van der Waals surface area contributed by atoms with Gasteiger partial charge < -0.3 is 0 Å². The Morgan fingerprint density at radius 2 is 1.59 bits per heavy atom. The second kappa shape index (κ2) is 7.32. The van der Waals surface area contributed by atoms with Crippen LogP contribution in [0.3, 0.4) is 0 Å². The lowest BCUT2D eigenvalue weighted by Crippen LogP contribution is -2.45. The Balaban J connectivity index is 1.52. The first-order valence-electron chi connectivity index (χ1n) is 9.23. The lowest BCUT2D eigenvalue weighted by atomic mass is 10.1. The van der Waals surface area contributed by atoms with Gasteiger partial charge in [0.25, 0.3) is 17.7 Å². The Morgan fingerprint density at radius 1 is 0.889 bits per heavy atom. The summed E-state index contributed by atoms with van der Waals surface area (Å²) in [6.45, 7) is 1.89. The number of nitrogens with zero attached hydrogens (tertiary/aromatic N) is 2. The zero-order valence-electron chi connectivity index (χ0n) is 15.0. The Bertz CT molecular complexity index is 889. The fourth-order valence-corrected chi connectivity index (χ4v) is 3.56. The first-order chi connectivity index (χ1) is 13.1. The summed E-state index contributed by atoms with van der Waals surface area (Å²) >= 11 is 0. The van der Waals surface area contributed by atoms with E-state index >= 15 is 0 Å². The number of hydrogen-bond donors (Lipinski definition) is 1. The number of hydrogen-bond acceptors (Lipinski definition) is 4. The minimum atomic E-state index is -0.355. The average Bonchev–Trinajstić information content (AvgIpc) is 2.94. The van der Waals surface area contributed by atoms with Crippen LogP contribution >= 0.6 is 0 Å². The zero-order valence-corrected chi connectivity index (χ0v) is 15.0. The summed E-state index contributed by atoms with van der Waals surface area (Å²) in [6, 6.07) is 14.1. The first kappa shape index (κ1) is 17.4. The van der Waals surface area contributed by atoms with E-state index < -0.39 is 0 Å². The van der Waals surface area contributed by atoms with E-state index in [2.05, 4.69) is 5.43 Å². The van der Waals surface area contributed by atoms with Gasteiger partial charge in [0, 0.05) is 18.7 Å². The fraction of sp³-hybridized carbons (Fsp3) is 0.286. The summed E-state index contributed by atoms with van der Waals surface area (Å²) in [7, 11) is 0. The van der Waals surface area contributed by atoms with E-state index in [1.165, 1.54) is 17.4 Å². The van der Waals surface area contributed by atoms with Crippen LogP contribution in [-0.2, 0) is 6.54 Å². The number of piperidine rings is 1. The van der Waals surface area contributed by atoms with Crippen molar-refractivity contribution in [2.24, 2.45) is 0 Å². The molecule has 1 fully saturated rings. The van der Waals surface area contributed by atoms with E-state index in [1.54, 1.807) is 12.1 Å². The van der Waals surface area contributed by atoms with Crippen LogP contribution in [0.15, 0.2) is 48.5 Å². The van der Waals surface area contributed by atoms with Gasteiger partial charge in [-0.15, -0.1) is 0 Å². The molecule has 138 valence electrons. The molecule has 0 spiro atoms. The maximum atomic E-state index is 12.7. The maximum Gasteiger partial charge on any atom is 0.265 e. The van der Waals surface area contributed by atoms with Crippen molar-refractivity contribution in [2.45, 2.75) is 25.8 Å². The maximum absolute atomic E-state index is 12.7. The third-order valence-electron chi connectivity index (χ3n) is 5.03. The number of carbonyl (C=O) groups excluding carboxylic acids is 3. The van der Waals surface area contributed by atoms with Crippen molar-refractivity contribution in [3.05, 3.63) is 70.8 Å². The summed E-state index contributed by atoms with van der Waals surface area (Å²) in [6.07, 6.45) is 3.30. The normalized spacial score (nSPS) is 17.1. The third kappa shape index (κ3) is 3.48. The lowest BCUT2D eigenvalue weighted by Gasteiger charge is -2.26. The molecule has 0 bridgehead atoms. The van der Waals surface area contributed by atoms with E-state index in [4.69, 9.17) is 0 Å². The van der Waals surface area contributed by atoms with Crippen LogP contribution in [0, 0.1) is 0 Å². The van der Waals surface area contributed by atoms with Crippen LogP contribution in [0.2, 0.25) is 0 Å². The summed E-state index contributed by atoms with van der Waals surface area (Å²) in [5.41, 5.74) is 4.81. The van der Waals surface area contributed by atoms with E-state index in [9.17, 15) is 14.4 Å². The number of carbonyl (C=O) groups is 3. The minimum Gasteiger partial charge on any atom is -0.285 e. The molecule has 0 saturated carbocycles. The Kier molecular flexibility index (Phi) is 4.73. The molecule has 0 aromatic heterocycles. The lowest BCUT2D eigenvalue weighted by molar-refractivity contribution is 0.0642. The number of imide groups is 1. The van der Waals surface area contributed by atoms with Gasteiger partial charge in [-0.25, -0.2) is 5.01 Å². The average molecular weight is 363 g/mol. The molecule has 0 aliphatic carbocycles. The molecule has 1 saturated heterocycles. The predicted molar refractivity (Wildman–Crippen MR) is 100.0 cm³/mol. The number of nitrogens with one attached hydrogen (secondary N) is 1. The monoisotopic (exact) mass is 363 g/mol. The van der Waals surface area contributed by atoms with E-state index in [-0.39, 0.29) is 24.3 Å². The SMILES string of the molecule is O=C(NN1CCCCC1)c1ccc2c(c1)C(=O)N(Cc1ccccc1)C2=O. The van der Waals surface area contributed by atoms with Crippen molar-refractivity contribution in [1.29, 1.82) is 0 Å². The molecule has 6 nitrogen and oxygen atoms in total. The molecule has 2 aromatic rings. The predicted octanol–water partition coefficient (Wildman–Crippen LogP) is 2.61. The standard InChI is InChI=1S/C21H21N3O3/c25-19(22-23-11-5-2-6-12-23)16-9-10-17-18(13-16)21(27)24(20(17)26)14-15-7-3-1-4-8-15/h1,3-4,7-10,13H,2,5-6,11-12,14H2,(H,22,25). The Labute approximate surface area is 157 Å². The second-order valence-corrected chi connectivity index (χ2v) is 6.93. The molecule has 2 heterocycles. The highest BCUT2D eigenvalue weighted by Gasteiger charge is 2.36. The second-order valence-electron chi connectivity index (χ2n) is 6.93. The van der Waals surface area contributed by atoms with Crippen molar-refractivity contribution in [3.63, 3.8) is 0 Å². The van der Waals surface area contributed by atoms with Crippen LogP contribution in [-0.4, -0.2) is 40.7 Å². The quantitative estimate of drug-likeness (QED) is 0.848. The van der Waals surface area contributed by atoms with Crippen LogP contribution < -0.4 is 5.43 Å². The Hall–Kier alpha value is -2.99. The van der Waals surface area contributed by atoms with Crippen LogP contribution in [0.4, 0.5) is 0 Å². The van der Waals surface area contributed by atoms with E-state index in [0.29, 0.717) is 16.7 Å². The summed E-state index contributed by atoms with van der Waals surface area (Å²) in [5, 5.41) is 1.91. The molecule has 27 heavy (non-hydrogen) atoms. The molecule has 2 aliphatic rings. The minimum absolute atomic E-state index is 0.225. The van der Waals surface area contributed by atoms with Crippen molar-refractivity contribution >= 4 is 17.7 Å². The molecule has 0 unspecified atom stereocenters.